The molecule has 5 heteroatoms. The molecule has 0 saturated carbocycles. The second kappa shape index (κ2) is 7.81. The lowest BCUT2D eigenvalue weighted by molar-refractivity contribution is 0.0910. The van der Waals surface area contributed by atoms with Crippen LogP contribution >= 0.6 is 15.9 Å². The zero-order valence-corrected chi connectivity index (χ0v) is 15.1. The molecule has 1 heterocycles. The minimum Gasteiger partial charge on any atom is -0.398 e. The van der Waals surface area contributed by atoms with Gasteiger partial charge in [0.2, 0.25) is 0 Å². The van der Waals surface area contributed by atoms with Crippen molar-refractivity contribution in [1.29, 1.82) is 0 Å². The number of piperidine rings is 1. The summed E-state index contributed by atoms with van der Waals surface area (Å²) >= 11 is 3.46. The summed E-state index contributed by atoms with van der Waals surface area (Å²) < 4.78 is 1.10. The highest BCUT2D eigenvalue weighted by Crippen LogP contribution is 2.17. The van der Waals surface area contributed by atoms with E-state index >= 15 is 0 Å². The number of nitrogens with one attached hydrogen (secondary N) is 1. The van der Waals surface area contributed by atoms with E-state index in [2.05, 4.69) is 50.4 Å². The summed E-state index contributed by atoms with van der Waals surface area (Å²) in [5.41, 5.74) is 8.29. The SMILES string of the molecule is Nc1ccccc1C(=O)NC1CCN(Cc2ccc(Br)cc2)CC1. The molecular weight excluding hydrogens is 366 g/mol. The third kappa shape index (κ3) is 4.36. The van der Waals surface area contributed by atoms with Crippen molar-refractivity contribution in [2.45, 2.75) is 25.4 Å². The quantitative estimate of drug-likeness (QED) is 0.790. The molecular formula is C19H22BrN3O. The minimum atomic E-state index is -0.0699. The Balaban J connectivity index is 1.49. The molecule has 1 fully saturated rings. The van der Waals surface area contributed by atoms with Gasteiger partial charge < -0.3 is 11.1 Å². The first kappa shape index (κ1) is 17.0. The molecule has 3 rings (SSSR count). The number of amides is 1. The maximum Gasteiger partial charge on any atom is 0.253 e. The van der Waals surface area contributed by atoms with Gasteiger partial charge in [-0.25, -0.2) is 0 Å². The van der Waals surface area contributed by atoms with Gasteiger partial charge in [0.05, 0.1) is 5.56 Å². The van der Waals surface area contributed by atoms with Crippen molar-refractivity contribution in [3.8, 4) is 0 Å². The number of nitrogens with two attached hydrogens (primary N) is 1. The zero-order valence-electron chi connectivity index (χ0n) is 13.5. The first-order valence-corrected chi connectivity index (χ1v) is 9.03. The normalized spacial score (nSPS) is 16.0. The molecule has 1 amide bonds. The number of hydrogen-bond acceptors (Lipinski definition) is 3. The lowest BCUT2D eigenvalue weighted by Gasteiger charge is -2.32. The van der Waals surface area contributed by atoms with Crippen LogP contribution < -0.4 is 11.1 Å². The molecule has 0 radical (unpaired) electrons. The molecule has 0 aromatic heterocycles. The van der Waals surface area contributed by atoms with Gasteiger partial charge >= 0.3 is 0 Å². The lowest BCUT2D eigenvalue weighted by atomic mass is 10.0. The number of halogens is 1. The fourth-order valence-electron chi connectivity index (χ4n) is 3.05. The van der Waals surface area contributed by atoms with Crippen LogP contribution in [-0.2, 0) is 6.54 Å². The number of rotatable bonds is 4. The predicted octanol–water partition coefficient (Wildman–Crippen LogP) is 3.43. The van der Waals surface area contributed by atoms with Crippen LogP contribution in [0.1, 0.15) is 28.8 Å². The van der Waals surface area contributed by atoms with E-state index < -0.39 is 0 Å². The van der Waals surface area contributed by atoms with Crippen molar-refractivity contribution in [3.63, 3.8) is 0 Å². The van der Waals surface area contributed by atoms with Crippen LogP contribution in [0.5, 0.6) is 0 Å². The van der Waals surface area contributed by atoms with E-state index in [1.54, 1.807) is 12.1 Å². The summed E-state index contributed by atoms with van der Waals surface area (Å²) in [7, 11) is 0. The summed E-state index contributed by atoms with van der Waals surface area (Å²) in [6, 6.07) is 15.9. The van der Waals surface area contributed by atoms with Gasteiger partial charge in [-0.2, -0.15) is 0 Å². The summed E-state index contributed by atoms with van der Waals surface area (Å²) in [6.45, 7) is 2.94. The van der Waals surface area contributed by atoms with Gasteiger partial charge in [0, 0.05) is 35.8 Å². The summed E-state index contributed by atoms with van der Waals surface area (Å²) in [5, 5.41) is 3.12. The molecule has 2 aromatic rings. The number of carbonyl (C=O) groups excluding carboxylic acids is 1. The summed E-state index contributed by atoms with van der Waals surface area (Å²) in [5.74, 6) is -0.0699. The first-order valence-electron chi connectivity index (χ1n) is 8.24. The van der Waals surface area contributed by atoms with Gasteiger partial charge in [-0.05, 0) is 42.7 Å². The van der Waals surface area contributed by atoms with E-state index in [1.807, 2.05) is 12.1 Å². The van der Waals surface area contributed by atoms with Crippen LogP contribution in [-0.4, -0.2) is 29.9 Å². The fraction of sp³-hybridized carbons (Fsp3) is 0.316. The molecule has 0 atom stereocenters. The van der Waals surface area contributed by atoms with Crippen LogP contribution in [0.2, 0.25) is 0 Å². The average Bonchev–Trinajstić information content (AvgIpc) is 2.59. The maximum atomic E-state index is 12.3. The van der Waals surface area contributed by atoms with Crippen molar-refractivity contribution >= 4 is 27.5 Å². The number of nitrogen functional groups attached to an aromatic ring is 1. The summed E-state index contributed by atoms with van der Waals surface area (Å²) in [6.07, 6.45) is 1.93. The lowest BCUT2D eigenvalue weighted by Crippen LogP contribution is -2.44. The number of para-hydroxylation sites is 1. The van der Waals surface area contributed by atoms with Crippen molar-refractivity contribution in [3.05, 3.63) is 64.1 Å². The molecule has 1 saturated heterocycles. The third-order valence-electron chi connectivity index (χ3n) is 4.45. The highest BCUT2D eigenvalue weighted by atomic mass is 79.9. The van der Waals surface area contributed by atoms with Crippen LogP contribution in [0.15, 0.2) is 53.0 Å². The smallest absolute Gasteiger partial charge is 0.253 e. The highest BCUT2D eigenvalue weighted by molar-refractivity contribution is 9.10. The van der Waals surface area contributed by atoms with Crippen LogP contribution in [0.4, 0.5) is 5.69 Å². The monoisotopic (exact) mass is 387 g/mol. The fourth-order valence-corrected chi connectivity index (χ4v) is 3.31. The molecule has 0 bridgehead atoms. The van der Waals surface area contributed by atoms with Crippen molar-refractivity contribution in [2.24, 2.45) is 0 Å². The topological polar surface area (TPSA) is 58.4 Å². The van der Waals surface area contributed by atoms with Gasteiger partial charge in [-0.3, -0.25) is 9.69 Å². The second-order valence-electron chi connectivity index (χ2n) is 6.24. The zero-order chi connectivity index (χ0) is 16.9. The number of anilines is 1. The Bertz CT molecular complexity index is 694. The molecule has 3 N–H and O–H groups in total. The Kier molecular flexibility index (Phi) is 5.53. The molecule has 0 aliphatic carbocycles. The van der Waals surface area contributed by atoms with Gasteiger partial charge in [0.15, 0.2) is 0 Å². The Labute approximate surface area is 151 Å². The van der Waals surface area contributed by atoms with E-state index in [1.165, 1.54) is 5.56 Å². The van der Waals surface area contributed by atoms with Gasteiger partial charge in [0.25, 0.3) is 5.91 Å². The second-order valence-corrected chi connectivity index (χ2v) is 7.15. The van der Waals surface area contributed by atoms with E-state index in [-0.39, 0.29) is 11.9 Å². The van der Waals surface area contributed by atoms with Gasteiger partial charge in [0.1, 0.15) is 0 Å². The average molecular weight is 388 g/mol. The molecule has 126 valence electrons. The van der Waals surface area contributed by atoms with E-state index in [9.17, 15) is 4.79 Å². The van der Waals surface area contributed by atoms with Crippen LogP contribution in [0, 0.1) is 0 Å². The molecule has 1 aliphatic heterocycles. The summed E-state index contributed by atoms with van der Waals surface area (Å²) in [4.78, 5) is 14.8. The molecule has 2 aromatic carbocycles. The Morgan fingerprint density at radius 1 is 1.12 bits per heavy atom. The molecule has 1 aliphatic rings. The Morgan fingerprint density at radius 3 is 2.46 bits per heavy atom. The highest BCUT2D eigenvalue weighted by Gasteiger charge is 2.21. The number of likely N-dealkylation sites (tertiary alicyclic amines) is 1. The van der Waals surface area contributed by atoms with Crippen LogP contribution in [0.3, 0.4) is 0 Å². The Hall–Kier alpha value is -1.85. The molecule has 0 spiro atoms. The molecule has 24 heavy (non-hydrogen) atoms. The number of carbonyl (C=O) groups is 1. The van der Waals surface area contributed by atoms with Crippen LogP contribution in [0.25, 0.3) is 0 Å². The number of nitrogens with zero attached hydrogens (tertiary/aromatic N) is 1. The maximum absolute atomic E-state index is 12.3. The van der Waals surface area contributed by atoms with Crippen molar-refractivity contribution < 1.29 is 4.79 Å². The third-order valence-corrected chi connectivity index (χ3v) is 4.98. The standard InChI is InChI=1S/C19H22BrN3O/c20-15-7-5-14(6-8-15)13-23-11-9-16(10-12-23)22-19(24)17-3-1-2-4-18(17)21/h1-8,16H,9-13,21H2,(H,22,24). The molecule has 0 unspecified atom stereocenters. The van der Waals surface area contributed by atoms with Gasteiger partial charge in [-0.15, -0.1) is 0 Å². The van der Waals surface area contributed by atoms with E-state index in [0.29, 0.717) is 11.3 Å². The minimum absolute atomic E-state index is 0.0699. The van der Waals surface area contributed by atoms with E-state index in [0.717, 1.165) is 36.9 Å². The van der Waals surface area contributed by atoms with E-state index in [4.69, 9.17) is 5.73 Å². The first-order chi connectivity index (χ1) is 11.6. The van der Waals surface area contributed by atoms with Crippen molar-refractivity contribution in [1.82, 2.24) is 10.2 Å². The number of hydrogen-bond donors (Lipinski definition) is 2. The van der Waals surface area contributed by atoms with Crippen molar-refractivity contribution in [2.75, 3.05) is 18.8 Å². The largest absolute Gasteiger partial charge is 0.398 e. The predicted molar refractivity (Wildman–Crippen MR) is 101 cm³/mol. The number of benzene rings is 2. The molecule has 4 nitrogen and oxygen atoms in total. The van der Waals surface area contributed by atoms with Gasteiger partial charge in [-0.1, -0.05) is 40.2 Å². The Morgan fingerprint density at radius 2 is 1.79 bits per heavy atom.